The fraction of sp³-hybridized carbons (Fsp3) is 0.182. The molecule has 0 aromatic heterocycles. The third kappa shape index (κ3) is 9.47. The van der Waals surface area contributed by atoms with Crippen molar-refractivity contribution in [2.45, 2.75) is 32.1 Å². The second-order valence-corrected chi connectivity index (χ2v) is 11.3. The Labute approximate surface area is 274 Å². The van der Waals surface area contributed by atoms with Crippen molar-refractivity contribution in [2.24, 2.45) is 5.10 Å². The highest BCUT2D eigenvalue weighted by Crippen LogP contribution is 2.37. The van der Waals surface area contributed by atoms with E-state index in [9.17, 15) is 9.59 Å². The SMILES string of the molecule is COc1cc(/C=N\NC(=O)[C@@H](Cc2ccccc2)NC(=O)[C@@H](C)Oc2ccc(Cl)cc2Cl)cc(Br)c1OCc1ccccc1. The summed E-state index contributed by atoms with van der Waals surface area (Å²) in [6, 6.07) is 26.4. The number of methoxy groups -OCH3 is 1. The summed E-state index contributed by atoms with van der Waals surface area (Å²) in [7, 11) is 1.54. The molecule has 0 bridgehead atoms. The van der Waals surface area contributed by atoms with E-state index >= 15 is 0 Å². The van der Waals surface area contributed by atoms with E-state index in [-0.39, 0.29) is 11.4 Å². The third-order valence-corrected chi connectivity index (χ3v) is 7.47. The third-order valence-electron chi connectivity index (χ3n) is 6.35. The minimum Gasteiger partial charge on any atom is -0.493 e. The van der Waals surface area contributed by atoms with E-state index in [1.165, 1.54) is 12.3 Å². The largest absolute Gasteiger partial charge is 0.493 e. The van der Waals surface area contributed by atoms with E-state index in [4.69, 9.17) is 37.4 Å². The van der Waals surface area contributed by atoms with Gasteiger partial charge in [-0.2, -0.15) is 5.10 Å². The lowest BCUT2D eigenvalue weighted by atomic mass is 10.1. The number of nitrogens with one attached hydrogen (secondary N) is 2. The highest BCUT2D eigenvalue weighted by molar-refractivity contribution is 9.10. The topological polar surface area (TPSA) is 98.2 Å². The van der Waals surface area contributed by atoms with Gasteiger partial charge in [0.05, 0.1) is 22.8 Å². The maximum Gasteiger partial charge on any atom is 0.262 e. The molecule has 0 saturated carbocycles. The number of carbonyl (C=O) groups is 2. The Hall–Kier alpha value is -4.05. The van der Waals surface area contributed by atoms with Crippen molar-refractivity contribution in [3.63, 3.8) is 0 Å². The van der Waals surface area contributed by atoms with Gasteiger partial charge in [0.2, 0.25) is 0 Å². The van der Waals surface area contributed by atoms with Gasteiger partial charge < -0.3 is 19.5 Å². The first kappa shape index (κ1) is 32.9. The van der Waals surface area contributed by atoms with E-state index in [0.717, 1.165) is 11.1 Å². The predicted molar refractivity (Wildman–Crippen MR) is 176 cm³/mol. The molecule has 0 aliphatic heterocycles. The minimum atomic E-state index is -0.948. The monoisotopic (exact) mass is 697 g/mol. The normalized spacial score (nSPS) is 12.3. The number of hydrazone groups is 1. The summed E-state index contributed by atoms with van der Waals surface area (Å²) in [5, 5.41) is 7.60. The quantitative estimate of drug-likeness (QED) is 0.116. The van der Waals surface area contributed by atoms with Gasteiger partial charge in [-0.1, -0.05) is 83.9 Å². The molecule has 0 fully saturated rings. The molecule has 2 atom stereocenters. The van der Waals surface area contributed by atoms with E-state index in [2.05, 4.69) is 31.8 Å². The summed E-state index contributed by atoms with van der Waals surface area (Å²) in [5.74, 6) is 0.316. The number of rotatable bonds is 13. The number of hydrogen-bond donors (Lipinski definition) is 2. The molecule has 8 nitrogen and oxygen atoms in total. The molecule has 0 heterocycles. The zero-order chi connectivity index (χ0) is 31.5. The Morgan fingerprint density at radius 3 is 2.25 bits per heavy atom. The maximum absolute atomic E-state index is 13.2. The van der Waals surface area contributed by atoms with Gasteiger partial charge in [-0.25, -0.2) is 5.43 Å². The first-order chi connectivity index (χ1) is 21.2. The Bertz CT molecular complexity index is 1610. The van der Waals surface area contributed by atoms with Crippen molar-refractivity contribution in [3.8, 4) is 17.2 Å². The maximum atomic E-state index is 13.2. The fourth-order valence-corrected chi connectivity index (χ4v) is 5.12. The molecule has 4 aromatic rings. The van der Waals surface area contributed by atoms with Crippen LogP contribution in [-0.4, -0.2) is 37.3 Å². The Morgan fingerprint density at radius 1 is 0.909 bits per heavy atom. The van der Waals surface area contributed by atoms with Gasteiger partial charge in [0, 0.05) is 11.4 Å². The number of amides is 2. The molecule has 4 rings (SSSR count). The average Bonchev–Trinajstić information content (AvgIpc) is 3.02. The number of hydrogen-bond acceptors (Lipinski definition) is 6. The number of nitrogens with zero attached hydrogens (tertiary/aromatic N) is 1. The van der Waals surface area contributed by atoms with E-state index in [0.29, 0.717) is 38.9 Å². The highest BCUT2D eigenvalue weighted by atomic mass is 79.9. The van der Waals surface area contributed by atoms with Crippen molar-refractivity contribution in [3.05, 3.63) is 122 Å². The summed E-state index contributed by atoms with van der Waals surface area (Å²) in [4.78, 5) is 26.3. The molecule has 0 saturated heterocycles. The average molecular weight is 699 g/mol. The standard InChI is InChI=1S/C33H30BrCl2N3O5/c1-21(44-29-14-13-25(35)18-27(29)36)32(40)38-28(16-22-9-5-3-6-10-22)33(41)39-37-19-24-15-26(34)31(30(17-24)42-2)43-20-23-11-7-4-8-12-23/h3-15,17-19,21,28H,16,20H2,1-2H3,(H,38,40)(H,39,41)/b37-19-/t21-,28-/m1/s1. The lowest BCUT2D eigenvalue weighted by molar-refractivity contribution is -0.132. The molecule has 2 amide bonds. The molecule has 0 aliphatic rings. The molecule has 4 aromatic carbocycles. The van der Waals surface area contributed by atoms with Gasteiger partial charge in [0.1, 0.15) is 18.4 Å². The van der Waals surface area contributed by atoms with Crippen LogP contribution in [0.25, 0.3) is 0 Å². The predicted octanol–water partition coefficient (Wildman–Crippen LogP) is 6.99. The Morgan fingerprint density at radius 2 is 1.59 bits per heavy atom. The lowest BCUT2D eigenvalue weighted by Gasteiger charge is -2.21. The number of halogens is 3. The van der Waals surface area contributed by atoms with Crippen molar-refractivity contribution in [1.29, 1.82) is 0 Å². The molecular weight excluding hydrogens is 669 g/mol. The smallest absolute Gasteiger partial charge is 0.262 e. The molecule has 228 valence electrons. The van der Waals surface area contributed by atoms with Crippen molar-refractivity contribution in [1.82, 2.24) is 10.7 Å². The number of ether oxygens (including phenoxy) is 3. The summed E-state index contributed by atoms with van der Waals surface area (Å²) >= 11 is 15.7. The van der Waals surface area contributed by atoms with E-state index in [1.54, 1.807) is 38.3 Å². The van der Waals surface area contributed by atoms with Crippen LogP contribution in [0.3, 0.4) is 0 Å². The van der Waals surface area contributed by atoms with Crippen LogP contribution in [0, 0.1) is 0 Å². The zero-order valence-corrected chi connectivity index (χ0v) is 27.0. The van der Waals surface area contributed by atoms with Crippen LogP contribution >= 0.6 is 39.1 Å². The van der Waals surface area contributed by atoms with E-state index < -0.39 is 24.0 Å². The zero-order valence-electron chi connectivity index (χ0n) is 23.9. The number of benzene rings is 4. The van der Waals surface area contributed by atoms with Crippen LogP contribution in [0.4, 0.5) is 0 Å². The van der Waals surface area contributed by atoms with Crippen LogP contribution in [0.5, 0.6) is 17.2 Å². The Kier molecular flexibility index (Phi) is 12.1. The van der Waals surface area contributed by atoms with Gasteiger partial charge in [-0.05, 0) is 69.9 Å². The summed E-state index contributed by atoms with van der Waals surface area (Å²) in [5.41, 5.74) is 5.04. The second kappa shape index (κ2) is 16.1. The number of carbonyl (C=O) groups excluding carboxylic acids is 2. The van der Waals surface area contributed by atoms with Crippen molar-refractivity contribution in [2.75, 3.05) is 7.11 Å². The minimum absolute atomic E-state index is 0.231. The van der Waals surface area contributed by atoms with Crippen LogP contribution in [0.2, 0.25) is 10.0 Å². The summed E-state index contributed by atoms with van der Waals surface area (Å²) in [6.07, 6.45) is 0.757. The molecule has 2 N–H and O–H groups in total. The first-order valence-electron chi connectivity index (χ1n) is 13.6. The van der Waals surface area contributed by atoms with Gasteiger partial charge in [0.15, 0.2) is 17.6 Å². The highest BCUT2D eigenvalue weighted by Gasteiger charge is 2.25. The fourth-order valence-electron chi connectivity index (χ4n) is 4.10. The van der Waals surface area contributed by atoms with E-state index in [1.807, 2.05) is 60.7 Å². The summed E-state index contributed by atoms with van der Waals surface area (Å²) < 4.78 is 17.9. The first-order valence-corrected chi connectivity index (χ1v) is 15.1. The van der Waals surface area contributed by atoms with Gasteiger partial charge >= 0.3 is 0 Å². The molecule has 44 heavy (non-hydrogen) atoms. The van der Waals surface area contributed by atoms with Crippen molar-refractivity contribution >= 4 is 57.2 Å². The molecular formula is C33H30BrCl2N3O5. The molecule has 0 unspecified atom stereocenters. The van der Waals surface area contributed by atoms with Gasteiger partial charge in [-0.3, -0.25) is 9.59 Å². The van der Waals surface area contributed by atoms with Crippen LogP contribution in [-0.2, 0) is 22.6 Å². The van der Waals surface area contributed by atoms with Crippen molar-refractivity contribution < 1.29 is 23.8 Å². The van der Waals surface area contributed by atoms with Gasteiger partial charge in [-0.15, -0.1) is 0 Å². The van der Waals surface area contributed by atoms with Gasteiger partial charge in [0.25, 0.3) is 11.8 Å². The van der Waals surface area contributed by atoms with Crippen LogP contribution in [0.15, 0.2) is 101 Å². The second-order valence-electron chi connectivity index (χ2n) is 9.63. The molecule has 11 heteroatoms. The molecule has 0 spiro atoms. The lowest BCUT2D eigenvalue weighted by Crippen LogP contribution is -2.50. The molecule has 0 radical (unpaired) electrons. The summed E-state index contributed by atoms with van der Waals surface area (Å²) in [6.45, 7) is 1.93. The van der Waals surface area contributed by atoms with Crippen LogP contribution in [0.1, 0.15) is 23.6 Å². The Balaban J connectivity index is 1.43. The van der Waals surface area contributed by atoms with Crippen LogP contribution < -0.4 is 25.0 Å². The molecule has 0 aliphatic carbocycles.